The molecule has 29 heavy (non-hydrogen) atoms. The average Bonchev–Trinajstić information content (AvgIpc) is 2.74. The molecule has 1 saturated heterocycles. The second kappa shape index (κ2) is 10.4. The smallest absolute Gasteiger partial charge is 0.261 e. The first-order valence-corrected chi connectivity index (χ1v) is 10.9. The van der Waals surface area contributed by atoms with Gasteiger partial charge in [0.1, 0.15) is 5.75 Å². The van der Waals surface area contributed by atoms with Crippen molar-refractivity contribution >= 4 is 5.91 Å². The molecule has 0 aliphatic carbocycles. The van der Waals surface area contributed by atoms with Gasteiger partial charge in [-0.15, -0.1) is 0 Å². The number of piperidine rings is 1. The number of benzene rings is 2. The van der Waals surface area contributed by atoms with Gasteiger partial charge in [-0.2, -0.15) is 0 Å². The van der Waals surface area contributed by atoms with Gasteiger partial charge in [0.05, 0.1) is 0 Å². The number of ether oxygens (including phenoxy) is 1. The molecule has 0 spiro atoms. The third kappa shape index (κ3) is 6.07. The molecule has 2 aromatic rings. The molecule has 0 unspecified atom stereocenters. The van der Waals surface area contributed by atoms with Crippen molar-refractivity contribution in [2.45, 2.75) is 65.6 Å². The van der Waals surface area contributed by atoms with Crippen molar-refractivity contribution < 1.29 is 9.53 Å². The highest BCUT2D eigenvalue weighted by molar-refractivity contribution is 5.81. The van der Waals surface area contributed by atoms with Gasteiger partial charge in [-0.25, -0.2) is 0 Å². The Morgan fingerprint density at radius 2 is 1.79 bits per heavy atom. The lowest BCUT2D eigenvalue weighted by Gasteiger charge is -2.26. The van der Waals surface area contributed by atoms with Gasteiger partial charge >= 0.3 is 0 Å². The second-order valence-corrected chi connectivity index (χ2v) is 8.09. The summed E-state index contributed by atoms with van der Waals surface area (Å²) in [5.74, 6) is 0.727. The van der Waals surface area contributed by atoms with Crippen molar-refractivity contribution in [2.24, 2.45) is 0 Å². The summed E-state index contributed by atoms with van der Waals surface area (Å²) in [6.45, 7) is 9.97. The molecule has 156 valence electrons. The fourth-order valence-corrected chi connectivity index (χ4v) is 3.84. The number of carbonyl (C=O) groups excluding carboxylic acids is 1. The largest absolute Gasteiger partial charge is 0.480 e. The van der Waals surface area contributed by atoms with E-state index in [1.54, 1.807) is 0 Å². The quantitative estimate of drug-likeness (QED) is 0.702. The van der Waals surface area contributed by atoms with E-state index in [-0.39, 0.29) is 5.91 Å². The van der Waals surface area contributed by atoms with E-state index in [9.17, 15) is 4.79 Å². The number of nitrogens with one attached hydrogen (secondary N) is 1. The normalized spacial score (nSPS) is 15.7. The Morgan fingerprint density at radius 3 is 2.55 bits per heavy atom. The minimum Gasteiger partial charge on any atom is -0.480 e. The minimum absolute atomic E-state index is 0.0603. The lowest BCUT2D eigenvalue weighted by molar-refractivity contribution is -0.128. The Morgan fingerprint density at radius 1 is 1.07 bits per heavy atom. The van der Waals surface area contributed by atoms with Crippen molar-refractivity contribution in [3.63, 3.8) is 0 Å². The highest BCUT2D eigenvalue weighted by Gasteiger charge is 2.19. The number of rotatable bonds is 8. The number of carbonyl (C=O) groups is 1. The summed E-state index contributed by atoms with van der Waals surface area (Å²) in [7, 11) is 0. The van der Waals surface area contributed by atoms with Crippen LogP contribution in [0.3, 0.4) is 0 Å². The zero-order valence-corrected chi connectivity index (χ0v) is 18.0. The van der Waals surface area contributed by atoms with Crippen molar-refractivity contribution in [2.75, 3.05) is 13.1 Å². The van der Waals surface area contributed by atoms with E-state index < -0.39 is 6.10 Å². The molecule has 2 aromatic carbocycles. The van der Waals surface area contributed by atoms with Gasteiger partial charge in [0.15, 0.2) is 6.10 Å². The van der Waals surface area contributed by atoms with Gasteiger partial charge in [-0.05, 0) is 74.5 Å². The summed E-state index contributed by atoms with van der Waals surface area (Å²) in [6.07, 6.45) is 4.11. The molecule has 4 heteroatoms. The van der Waals surface area contributed by atoms with Crippen LogP contribution in [0.5, 0.6) is 5.75 Å². The summed E-state index contributed by atoms with van der Waals surface area (Å²) in [4.78, 5) is 15.2. The average molecular weight is 395 g/mol. The number of aryl methyl sites for hydroxylation is 1. The molecule has 0 aromatic heterocycles. The highest BCUT2D eigenvalue weighted by atomic mass is 16.5. The SMILES string of the molecule is CC[C@@H](Oc1cccc(C)c1C)C(=O)NCc1cccc(CN2CCCCC2)c1. The standard InChI is InChI=1S/C25H34N2O2/c1-4-23(29-24-13-8-10-19(2)20(24)3)25(28)26-17-21-11-9-12-22(16-21)18-27-14-6-5-7-15-27/h8-13,16,23H,4-7,14-15,17-18H2,1-3H3,(H,26,28)/t23-/m1/s1. The molecule has 3 rings (SSSR count). The van der Waals surface area contributed by atoms with Crippen molar-refractivity contribution in [1.29, 1.82) is 0 Å². The lowest BCUT2D eigenvalue weighted by atomic mass is 10.1. The summed E-state index contributed by atoms with van der Waals surface area (Å²) in [5.41, 5.74) is 4.71. The first kappa shape index (κ1) is 21.4. The molecule has 0 bridgehead atoms. The first-order valence-electron chi connectivity index (χ1n) is 10.9. The van der Waals surface area contributed by atoms with E-state index in [1.165, 1.54) is 43.5 Å². The number of likely N-dealkylation sites (tertiary alicyclic amines) is 1. The maximum atomic E-state index is 12.7. The number of hydrogen-bond donors (Lipinski definition) is 1. The van der Waals surface area contributed by atoms with Crippen molar-refractivity contribution in [1.82, 2.24) is 10.2 Å². The molecule has 1 atom stereocenters. The molecule has 1 amide bonds. The predicted octanol–water partition coefficient (Wildman–Crippen LogP) is 4.76. The van der Waals surface area contributed by atoms with E-state index >= 15 is 0 Å². The Labute approximate surface area is 175 Å². The van der Waals surface area contributed by atoms with E-state index in [0.29, 0.717) is 13.0 Å². The van der Waals surface area contributed by atoms with E-state index in [0.717, 1.165) is 23.4 Å². The van der Waals surface area contributed by atoms with Gasteiger partial charge < -0.3 is 10.1 Å². The molecule has 0 radical (unpaired) electrons. The van der Waals surface area contributed by atoms with Crippen LogP contribution in [-0.2, 0) is 17.9 Å². The van der Waals surface area contributed by atoms with Crippen LogP contribution in [0.4, 0.5) is 0 Å². The molecular formula is C25H34N2O2. The maximum Gasteiger partial charge on any atom is 0.261 e. The fourth-order valence-electron chi connectivity index (χ4n) is 3.84. The van der Waals surface area contributed by atoms with E-state index in [4.69, 9.17) is 4.74 Å². The molecule has 1 fully saturated rings. The van der Waals surface area contributed by atoms with Gasteiger partial charge in [-0.3, -0.25) is 9.69 Å². The molecule has 1 aliphatic heterocycles. The molecule has 0 saturated carbocycles. The molecule has 4 nitrogen and oxygen atoms in total. The number of amides is 1. The third-order valence-electron chi connectivity index (χ3n) is 5.80. The van der Waals surface area contributed by atoms with Gasteiger partial charge in [0.25, 0.3) is 5.91 Å². The molecule has 1 N–H and O–H groups in total. The van der Waals surface area contributed by atoms with Gasteiger partial charge in [0, 0.05) is 13.1 Å². The molecular weight excluding hydrogens is 360 g/mol. The van der Waals surface area contributed by atoms with Crippen LogP contribution in [-0.4, -0.2) is 30.0 Å². The first-order chi connectivity index (χ1) is 14.1. The van der Waals surface area contributed by atoms with Gasteiger partial charge in [-0.1, -0.05) is 49.7 Å². The molecule has 1 heterocycles. The van der Waals surface area contributed by atoms with Crippen LogP contribution in [0.1, 0.15) is 54.9 Å². The Hall–Kier alpha value is -2.33. The van der Waals surface area contributed by atoms with Crippen molar-refractivity contribution in [3.05, 3.63) is 64.7 Å². The Kier molecular flexibility index (Phi) is 7.70. The summed E-state index contributed by atoms with van der Waals surface area (Å²) < 4.78 is 6.03. The summed E-state index contributed by atoms with van der Waals surface area (Å²) >= 11 is 0. The Bertz CT molecular complexity index is 812. The zero-order chi connectivity index (χ0) is 20.6. The predicted molar refractivity (Wildman–Crippen MR) is 118 cm³/mol. The minimum atomic E-state index is -0.480. The van der Waals surface area contributed by atoms with Crippen LogP contribution in [0.2, 0.25) is 0 Å². The van der Waals surface area contributed by atoms with E-state index in [1.807, 2.05) is 26.0 Å². The van der Waals surface area contributed by atoms with Crippen LogP contribution >= 0.6 is 0 Å². The lowest BCUT2D eigenvalue weighted by Crippen LogP contribution is -2.37. The maximum absolute atomic E-state index is 12.7. The Balaban J connectivity index is 1.56. The van der Waals surface area contributed by atoms with Crippen molar-refractivity contribution in [3.8, 4) is 5.75 Å². The van der Waals surface area contributed by atoms with Crippen LogP contribution in [0, 0.1) is 13.8 Å². The number of hydrogen-bond acceptors (Lipinski definition) is 3. The summed E-state index contributed by atoms with van der Waals surface area (Å²) in [6, 6.07) is 14.5. The summed E-state index contributed by atoms with van der Waals surface area (Å²) in [5, 5.41) is 3.06. The van der Waals surface area contributed by atoms with Crippen LogP contribution < -0.4 is 10.1 Å². The monoisotopic (exact) mass is 394 g/mol. The molecule has 1 aliphatic rings. The second-order valence-electron chi connectivity index (χ2n) is 8.09. The number of nitrogens with zero attached hydrogens (tertiary/aromatic N) is 1. The third-order valence-corrected chi connectivity index (χ3v) is 5.80. The fraction of sp³-hybridized carbons (Fsp3) is 0.480. The van der Waals surface area contributed by atoms with Crippen LogP contribution in [0.25, 0.3) is 0 Å². The van der Waals surface area contributed by atoms with Crippen LogP contribution in [0.15, 0.2) is 42.5 Å². The van der Waals surface area contributed by atoms with E-state index in [2.05, 4.69) is 47.5 Å². The van der Waals surface area contributed by atoms with Gasteiger partial charge in [0.2, 0.25) is 0 Å². The zero-order valence-electron chi connectivity index (χ0n) is 18.0. The topological polar surface area (TPSA) is 41.6 Å². The highest BCUT2D eigenvalue weighted by Crippen LogP contribution is 2.22.